The Hall–Kier alpha value is -1.11. The van der Waals surface area contributed by atoms with Gasteiger partial charge in [-0.3, -0.25) is 0 Å². The molecule has 0 saturated heterocycles. The van der Waals surface area contributed by atoms with Crippen LogP contribution in [-0.2, 0) is 16.6 Å². The predicted octanol–water partition coefficient (Wildman–Crippen LogP) is 1.96. The molecule has 6 heteroatoms. The quantitative estimate of drug-likeness (QED) is 0.796. The lowest BCUT2D eigenvalue weighted by molar-refractivity contribution is 0.336. The van der Waals surface area contributed by atoms with Gasteiger partial charge in [-0.15, -0.1) is 0 Å². The van der Waals surface area contributed by atoms with E-state index >= 15 is 0 Å². The second-order valence-electron chi connectivity index (χ2n) is 5.31. The van der Waals surface area contributed by atoms with E-state index in [0.717, 1.165) is 18.4 Å². The third-order valence-corrected chi connectivity index (χ3v) is 5.64. The summed E-state index contributed by atoms with van der Waals surface area (Å²) in [6.45, 7) is 5.65. The Labute approximate surface area is 127 Å². The summed E-state index contributed by atoms with van der Waals surface area (Å²) in [5.41, 5.74) is 6.43. The van der Waals surface area contributed by atoms with E-state index < -0.39 is 10.0 Å². The minimum Gasteiger partial charge on any atom is -0.494 e. The van der Waals surface area contributed by atoms with Gasteiger partial charge in [0.05, 0.1) is 11.5 Å². The standard InChI is InChI=1S/C15H24N2O3S/c1-3-17(11-12-5-6-12)21(18,19)14-7-8-15(20-4-2)13(9-14)10-16/h7-9,12H,3-6,10-11,16H2,1-2H3. The topological polar surface area (TPSA) is 72.6 Å². The van der Waals surface area contributed by atoms with Crippen LogP contribution in [0.2, 0.25) is 0 Å². The zero-order chi connectivity index (χ0) is 15.5. The summed E-state index contributed by atoms with van der Waals surface area (Å²) in [6, 6.07) is 4.94. The van der Waals surface area contributed by atoms with Gasteiger partial charge in [0.1, 0.15) is 5.75 Å². The number of ether oxygens (including phenoxy) is 1. The van der Waals surface area contributed by atoms with Crippen molar-refractivity contribution in [1.29, 1.82) is 0 Å². The first kappa shape index (κ1) is 16.3. The molecule has 2 rings (SSSR count). The predicted molar refractivity (Wildman–Crippen MR) is 82.7 cm³/mol. The molecule has 2 N–H and O–H groups in total. The summed E-state index contributed by atoms with van der Waals surface area (Å²) in [5.74, 6) is 1.18. The van der Waals surface area contributed by atoms with Crippen molar-refractivity contribution in [2.75, 3.05) is 19.7 Å². The third kappa shape index (κ3) is 3.75. The van der Waals surface area contributed by atoms with Crippen molar-refractivity contribution >= 4 is 10.0 Å². The summed E-state index contributed by atoms with van der Waals surface area (Å²) in [5, 5.41) is 0. The summed E-state index contributed by atoms with van der Waals surface area (Å²) in [7, 11) is -3.45. The van der Waals surface area contributed by atoms with E-state index in [0.29, 0.717) is 36.3 Å². The van der Waals surface area contributed by atoms with Gasteiger partial charge < -0.3 is 10.5 Å². The molecule has 1 fully saturated rings. The van der Waals surface area contributed by atoms with Gasteiger partial charge in [0.15, 0.2) is 0 Å². The molecule has 118 valence electrons. The molecular weight excluding hydrogens is 288 g/mol. The Morgan fingerprint density at radius 2 is 2.05 bits per heavy atom. The van der Waals surface area contributed by atoms with Crippen molar-refractivity contribution in [3.05, 3.63) is 23.8 Å². The fraction of sp³-hybridized carbons (Fsp3) is 0.600. The fourth-order valence-electron chi connectivity index (χ4n) is 2.31. The first-order chi connectivity index (χ1) is 10.0. The highest BCUT2D eigenvalue weighted by molar-refractivity contribution is 7.89. The van der Waals surface area contributed by atoms with Crippen LogP contribution in [0, 0.1) is 5.92 Å². The highest BCUT2D eigenvalue weighted by Gasteiger charge is 2.31. The van der Waals surface area contributed by atoms with E-state index in [-0.39, 0.29) is 6.54 Å². The molecule has 0 amide bonds. The smallest absolute Gasteiger partial charge is 0.243 e. The second-order valence-corrected chi connectivity index (χ2v) is 7.24. The van der Waals surface area contributed by atoms with Crippen LogP contribution in [0.4, 0.5) is 0 Å². The monoisotopic (exact) mass is 312 g/mol. The Bertz CT molecular complexity index is 583. The van der Waals surface area contributed by atoms with Crippen LogP contribution in [-0.4, -0.2) is 32.4 Å². The number of nitrogens with zero attached hydrogens (tertiary/aromatic N) is 1. The van der Waals surface area contributed by atoms with Gasteiger partial charge in [0, 0.05) is 25.2 Å². The normalized spacial score (nSPS) is 15.4. The average Bonchev–Trinajstić information content (AvgIpc) is 3.29. The van der Waals surface area contributed by atoms with E-state index in [2.05, 4.69) is 0 Å². The molecule has 0 radical (unpaired) electrons. The second kappa shape index (κ2) is 6.77. The SMILES string of the molecule is CCOc1ccc(S(=O)(=O)N(CC)CC2CC2)cc1CN. The summed E-state index contributed by atoms with van der Waals surface area (Å²) >= 11 is 0. The fourth-order valence-corrected chi connectivity index (χ4v) is 3.88. The molecule has 0 heterocycles. The number of sulfonamides is 1. The summed E-state index contributed by atoms with van der Waals surface area (Å²) < 4.78 is 32.4. The van der Waals surface area contributed by atoms with Gasteiger partial charge in [0.25, 0.3) is 0 Å². The van der Waals surface area contributed by atoms with E-state index in [4.69, 9.17) is 10.5 Å². The Kier molecular flexibility index (Phi) is 5.24. The third-order valence-electron chi connectivity index (χ3n) is 3.70. The van der Waals surface area contributed by atoms with Gasteiger partial charge in [-0.25, -0.2) is 8.42 Å². The van der Waals surface area contributed by atoms with Crippen LogP contribution in [0.5, 0.6) is 5.75 Å². The molecule has 1 aromatic carbocycles. The average molecular weight is 312 g/mol. The number of rotatable bonds is 8. The van der Waals surface area contributed by atoms with Crippen LogP contribution in [0.1, 0.15) is 32.3 Å². The maximum Gasteiger partial charge on any atom is 0.243 e. The van der Waals surface area contributed by atoms with Crippen molar-refractivity contribution in [3.63, 3.8) is 0 Å². The number of hydrogen-bond donors (Lipinski definition) is 1. The van der Waals surface area contributed by atoms with Crippen molar-refractivity contribution in [2.24, 2.45) is 11.7 Å². The van der Waals surface area contributed by atoms with Crippen molar-refractivity contribution in [1.82, 2.24) is 4.31 Å². The minimum absolute atomic E-state index is 0.257. The molecule has 0 bridgehead atoms. The molecule has 5 nitrogen and oxygen atoms in total. The summed E-state index contributed by atoms with van der Waals surface area (Å²) in [4.78, 5) is 0.300. The molecule has 1 saturated carbocycles. The van der Waals surface area contributed by atoms with Gasteiger partial charge in [0.2, 0.25) is 10.0 Å². The lowest BCUT2D eigenvalue weighted by Crippen LogP contribution is -2.32. The van der Waals surface area contributed by atoms with Crippen LogP contribution in [0.3, 0.4) is 0 Å². The van der Waals surface area contributed by atoms with Crippen molar-refractivity contribution < 1.29 is 13.2 Å². The van der Waals surface area contributed by atoms with Crippen molar-refractivity contribution in [3.8, 4) is 5.75 Å². The zero-order valence-electron chi connectivity index (χ0n) is 12.7. The van der Waals surface area contributed by atoms with Crippen molar-refractivity contribution in [2.45, 2.75) is 38.1 Å². The Morgan fingerprint density at radius 3 is 2.57 bits per heavy atom. The van der Waals surface area contributed by atoms with Gasteiger partial charge in [-0.2, -0.15) is 4.31 Å². The minimum atomic E-state index is -3.45. The van der Waals surface area contributed by atoms with Crippen LogP contribution in [0.25, 0.3) is 0 Å². The van der Waals surface area contributed by atoms with E-state index in [1.807, 2.05) is 13.8 Å². The van der Waals surface area contributed by atoms with Crippen LogP contribution in [0.15, 0.2) is 23.1 Å². The first-order valence-corrected chi connectivity index (χ1v) is 8.92. The maximum absolute atomic E-state index is 12.7. The lowest BCUT2D eigenvalue weighted by atomic mass is 10.2. The Balaban J connectivity index is 2.29. The summed E-state index contributed by atoms with van der Waals surface area (Å²) in [6.07, 6.45) is 2.26. The highest BCUT2D eigenvalue weighted by atomic mass is 32.2. The number of hydrogen-bond acceptors (Lipinski definition) is 4. The molecule has 21 heavy (non-hydrogen) atoms. The van der Waals surface area contributed by atoms with E-state index in [1.165, 1.54) is 0 Å². The molecule has 0 aromatic heterocycles. The molecule has 0 aliphatic heterocycles. The number of nitrogens with two attached hydrogens (primary N) is 1. The molecule has 0 unspecified atom stereocenters. The van der Waals surface area contributed by atoms with Gasteiger partial charge in [-0.1, -0.05) is 6.92 Å². The molecule has 1 aliphatic rings. The molecule has 0 atom stereocenters. The molecular formula is C15H24N2O3S. The van der Waals surface area contributed by atoms with Crippen LogP contribution < -0.4 is 10.5 Å². The van der Waals surface area contributed by atoms with Crippen LogP contribution >= 0.6 is 0 Å². The van der Waals surface area contributed by atoms with E-state index in [9.17, 15) is 8.42 Å². The lowest BCUT2D eigenvalue weighted by Gasteiger charge is -2.21. The highest BCUT2D eigenvalue weighted by Crippen LogP contribution is 2.32. The molecule has 0 spiro atoms. The maximum atomic E-state index is 12.7. The largest absolute Gasteiger partial charge is 0.494 e. The van der Waals surface area contributed by atoms with E-state index in [1.54, 1.807) is 22.5 Å². The molecule has 1 aliphatic carbocycles. The van der Waals surface area contributed by atoms with Gasteiger partial charge >= 0.3 is 0 Å². The zero-order valence-corrected chi connectivity index (χ0v) is 13.5. The first-order valence-electron chi connectivity index (χ1n) is 7.48. The van der Waals surface area contributed by atoms with Gasteiger partial charge in [-0.05, 0) is 43.9 Å². The number of benzene rings is 1. The molecule has 1 aromatic rings. The Morgan fingerprint density at radius 1 is 1.33 bits per heavy atom.